The lowest BCUT2D eigenvalue weighted by Crippen LogP contribution is -2.46. The Kier molecular flexibility index (Phi) is 4.83. The molecule has 0 atom stereocenters. The van der Waals surface area contributed by atoms with Crippen LogP contribution in [0.2, 0.25) is 0 Å². The number of aromatic nitrogens is 2. The van der Waals surface area contributed by atoms with Crippen molar-refractivity contribution >= 4 is 17.0 Å². The Morgan fingerprint density at radius 1 is 1.04 bits per heavy atom. The van der Waals surface area contributed by atoms with Gasteiger partial charge in [0, 0.05) is 45.5 Å². The fourth-order valence-electron chi connectivity index (χ4n) is 3.71. The van der Waals surface area contributed by atoms with Gasteiger partial charge in [0.1, 0.15) is 0 Å². The number of anilines is 1. The van der Waals surface area contributed by atoms with Crippen LogP contribution >= 0.6 is 11.3 Å². The van der Waals surface area contributed by atoms with E-state index in [0.29, 0.717) is 0 Å². The van der Waals surface area contributed by atoms with Gasteiger partial charge >= 0.3 is 0 Å². The Balaban J connectivity index is 1.40. The van der Waals surface area contributed by atoms with Crippen molar-refractivity contribution in [1.82, 2.24) is 14.7 Å². The lowest BCUT2D eigenvalue weighted by molar-refractivity contribution is 0.246. The number of nitrogens with zero attached hydrogens (tertiary/aromatic N) is 4. The molecule has 3 heterocycles. The molecule has 26 heavy (non-hydrogen) atoms. The molecule has 1 aromatic carbocycles. The molecule has 3 aromatic rings. The molecule has 4 nitrogen and oxygen atoms in total. The van der Waals surface area contributed by atoms with Crippen LogP contribution in [0.5, 0.6) is 0 Å². The van der Waals surface area contributed by atoms with Gasteiger partial charge in [0.05, 0.1) is 16.3 Å². The molecule has 0 spiro atoms. The number of piperazine rings is 1. The van der Waals surface area contributed by atoms with E-state index in [-0.39, 0.29) is 0 Å². The maximum Gasteiger partial charge on any atom is 0.0782 e. The van der Waals surface area contributed by atoms with Gasteiger partial charge in [-0.2, -0.15) is 5.10 Å². The van der Waals surface area contributed by atoms with Crippen molar-refractivity contribution in [2.75, 3.05) is 31.1 Å². The molecule has 1 aliphatic rings. The zero-order valence-corrected chi connectivity index (χ0v) is 16.6. The number of benzene rings is 1. The highest BCUT2D eigenvalue weighted by Gasteiger charge is 2.20. The Bertz CT molecular complexity index is 874. The third-order valence-corrected chi connectivity index (χ3v) is 6.27. The van der Waals surface area contributed by atoms with E-state index in [4.69, 9.17) is 5.10 Å². The van der Waals surface area contributed by atoms with Gasteiger partial charge in [0.2, 0.25) is 0 Å². The van der Waals surface area contributed by atoms with Crippen molar-refractivity contribution in [3.63, 3.8) is 0 Å². The van der Waals surface area contributed by atoms with E-state index in [2.05, 4.69) is 65.4 Å². The lowest BCUT2D eigenvalue weighted by atomic mass is 10.1. The molecule has 2 aromatic heterocycles. The predicted octanol–water partition coefficient (Wildman–Crippen LogP) is 4.09. The SMILES string of the molecule is Cc1cccc(N2CCN(Cc3cc(-c4cccs4)n(C)n3)CC2)c1C. The van der Waals surface area contributed by atoms with E-state index in [1.807, 2.05) is 11.7 Å². The van der Waals surface area contributed by atoms with Crippen LogP contribution in [0.25, 0.3) is 10.6 Å². The van der Waals surface area contributed by atoms with E-state index >= 15 is 0 Å². The summed E-state index contributed by atoms with van der Waals surface area (Å²) in [7, 11) is 2.04. The Morgan fingerprint density at radius 3 is 2.58 bits per heavy atom. The number of hydrogen-bond donors (Lipinski definition) is 0. The van der Waals surface area contributed by atoms with E-state index in [9.17, 15) is 0 Å². The number of thiophene rings is 1. The summed E-state index contributed by atoms with van der Waals surface area (Å²) < 4.78 is 2.01. The summed E-state index contributed by atoms with van der Waals surface area (Å²) in [4.78, 5) is 6.32. The normalized spacial score (nSPS) is 15.6. The van der Waals surface area contributed by atoms with Gasteiger partial charge in [-0.15, -0.1) is 11.3 Å². The number of hydrogen-bond acceptors (Lipinski definition) is 4. The van der Waals surface area contributed by atoms with Gasteiger partial charge in [0.25, 0.3) is 0 Å². The second-order valence-electron chi connectivity index (χ2n) is 7.10. The first-order valence-electron chi connectivity index (χ1n) is 9.22. The van der Waals surface area contributed by atoms with Crippen LogP contribution < -0.4 is 4.90 Å². The molecule has 4 rings (SSSR count). The van der Waals surface area contributed by atoms with Crippen molar-refractivity contribution in [3.8, 4) is 10.6 Å². The molecule has 0 aliphatic carbocycles. The first-order valence-corrected chi connectivity index (χ1v) is 10.1. The zero-order valence-electron chi connectivity index (χ0n) is 15.8. The van der Waals surface area contributed by atoms with E-state index in [1.54, 1.807) is 11.3 Å². The number of rotatable bonds is 4. The predicted molar refractivity (Wildman–Crippen MR) is 110 cm³/mol. The molecule has 1 fully saturated rings. The average Bonchev–Trinajstić information content (AvgIpc) is 3.28. The van der Waals surface area contributed by atoms with Gasteiger partial charge in [-0.1, -0.05) is 18.2 Å². The molecular formula is C21H26N4S. The summed E-state index contributed by atoms with van der Waals surface area (Å²) in [6, 6.07) is 13.1. The fourth-order valence-corrected chi connectivity index (χ4v) is 4.49. The number of aryl methyl sites for hydroxylation is 2. The standard InChI is InChI=1S/C21H26N4S/c1-16-6-4-7-19(17(16)2)25-11-9-24(10-12-25)15-18-14-20(23(3)22-18)21-8-5-13-26-21/h4-8,13-14H,9-12,15H2,1-3H3. The molecular weight excluding hydrogens is 340 g/mol. The summed E-state index contributed by atoms with van der Waals surface area (Å²) in [5.41, 5.74) is 6.55. The summed E-state index contributed by atoms with van der Waals surface area (Å²) in [5.74, 6) is 0. The molecule has 0 unspecified atom stereocenters. The van der Waals surface area contributed by atoms with Gasteiger partial charge in [-0.25, -0.2) is 0 Å². The maximum absolute atomic E-state index is 4.73. The lowest BCUT2D eigenvalue weighted by Gasteiger charge is -2.36. The van der Waals surface area contributed by atoms with Gasteiger partial charge < -0.3 is 4.90 Å². The van der Waals surface area contributed by atoms with Crippen molar-refractivity contribution in [1.29, 1.82) is 0 Å². The Morgan fingerprint density at radius 2 is 1.85 bits per heavy atom. The van der Waals surface area contributed by atoms with Crippen LogP contribution in [0.4, 0.5) is 5.69 Å². The molecule has 0 radical (unpaired) electrons. The van der Waals surface area contributed by atoms with Crippen molar-refractivity contribution in [2.45, 2.75) is 20.4 Å². The Hall–Kier alpha value is -2.11. The third-order valence-electron chi connectivity index (χ3n) is 5.38. The first kappa shape index (κ1) is 17.3. The highest BCUT2D eigenvalue weighted by atomic mass is 32.1. The summed E-state index contributed by atoms with van der Waals surface area (Å²) in [5, 5.41) is 6.85. The summed E-state index contributed by atoms with van der Waals surface area (Å²) >= 11 is 1.77. The first-order chi connectivity index (χ1) is 12.6. The van der Waals surface area contributed by atoms with Gasteiger partial charge in [-0.05, 0) is 48.6 Å². The quantitative estimate of drug-likeness (QED) is 0.695. The minimum atomic E-state index is 0.930. The van der Waals surface area contributed by atoms with Crippen molar-refractivity contribution in [3.05, 3.63) is 58.6 Å². The fraction of sp³-hybridized carbons (Fsp3) is 0.381. The molecule has 1 saturated heterocycles. The van der Waals surface area contributed by atoms with Crippen molar-refractivity contribution < 1.29 is 0 Å². The van der Waals surface area contributed by atoms with Crippen LogP contribution in [0, 0.1) is 13.8 Å². The highest BCUT2D eigenvalue weighted by molar-refractivity contribution is 7.13. The summed E-state index contributed by atoms with van der Waals surface area (Å²) in [6.07, 6.45) is 0. The molecule has 0 amide bonds. The van der Waals surface area contributed by atoms with Gasteiger partial charge in [0.15, 0.2) is 0 Å². The highest BCUT2D eigenvalue weighted by Crippen LogP contribution is 2.26. The second kappa shape index (κ2) is 7.25. The average molecular weight is 367 g/mol. The molecule has 1 aliphatic heterocycles. The van der Waals surface area contributed by atoms with E-state index < -0.39 is 0 Å². The largest absolute Gasteiger partial charge is 0.369 e. The monoisotopic (exact) mass is 366 g/mol. The maximum atomic E-state index is 4.73. The zero-order chi connectivity index (χ0) is 18.1. The molecule has 5 heteroatoms. The third kappa shape index (κ3) is 3.41. The van der Waals surface area contributed by atoms with Crippen LogP contribution in [0.1, 0.15) is 16.8 Å². The van der Waals surface area contributed by atoms with Crippen LogP contribution in [-0.2, 0) is 13.6 Å². The summed E-state index contributed by atoms with van der Waals surface area (Å²) in [6.45, 7) is 9.68. The van der Waals surface area contributed by atoms with Crippen LogP contribution in [0.15, 0.2) is 41.8 Å². The molecule has 0 N–H and O–H groups in total. The van der Waals surface area contributed by atoms with Crippen LogP contribution in [0.3, 0.4) is 0 Å². The topological polar surface area (TPSA) is 24.3 Å². The molecule has 0 saturated carbocycles. The van der Waals surface area contributed by atoms with Crippen LogP contribution in [-0.4, -0.2) is 40.9 Å². The Labute approximate surface area is 159 Å². The van der Waals surface area contributed by atoms with Crippen molar-refractivity contribution in [2.24, 2.45) is 7.05 Å². The van der Waals surface area contributed by atoms with E-state index in [0.717, 1.165) is 38.4 Å². The molecule has 136 valence electrons. The smallest absolute Gasteiger partial charge is 0.0782 e. The van der Waals surface area contributed by atoms with E-state index in [1.165, 1.54) is 27.4 Å². The minimum Gasteiger partial charge on any atom is -0.369 e. The molecule has 0 bridgehead atoms. The van der Waals surface area contributed by atoms with Gasteiger partial charge in [-0.3, -0.25) is 9.58 Å². The second-order valence-corrected chi connectivity index (χ2v) is 8.05. The minimum absolute atomic E-state index is 0.930.